The molecule has 1 N–H and O–H groups in total. The summed E-state index contributed by atoms with van der Waals surface area (Å²) < 4.78 is 2.20. The highest BCUT2D eigenvalue weighted by atomic mass is 16.1. The predicted molar refractivity (Wildman–Crippen MR) is 109 cm³/mol. The number of para-hydroxylation sites is 2. The zero-order valence-electron chi connectivity index (χ0n) is 15.3. The first-order chi connectivity index (χ1) is 13.3. The minimum Gasteiger partial charge on any atom is -0.352 e. The van der Waals surface area contributed by atoms with Crippen LogP contribution < -0.4 is 0 Å². The topological polar surface area (TPSA) is 41.0 Å². The van der Waals surface area contributed by atoms with Gasteiger partial charge in [0.15, 0.2) is 0 Å². The Hall–Kier alpha value is -2.85. The standard InChI is InChI=1S/C23H23N3O/c27-23(20-15-17-7-1-3-9-19(17)24-20)22-16-18-8-2-4-10-21(18)26(22)14-13-25-11-5-6-12-25/h1-4,7-10,15-16,24H,5-6,11-14H2. The Morgan fingerprint density at radius 1 is 0.889 bits per heavy atom. The quantitative estimate of drug-likeness (QED) is 0.536. The van der Waals surface area contributed by atoms with Gasteiger partial charge in [-0.25, -0.2) is 0 Å². The molecule has 3 heterocycles. The van der Waals surface area contributed by atoms with E-state index in [1.807, 2.05) is 48.5 Å². The summed E-state index contributed by atoms with van der Waals surface area (Å²) in [6.45, 7) is 4.18. The summed E-state index contributed by atoms with van der Waals surface area (Å²) in [5, 5.41) is 2.19. The van der Waals surface area contributed by atoms with E-state index in [9.17, 15) is 4.79 Å². The normalized spacial score (nSPS) is 15.1. The molecule has 1 aliphatic heterocycles. The van der Waals surface area contributed by atoms with E-state index < -0.39 is 0 Å². The molecule has 1 aliphatic rings. The van der Waals surface area contributed by atoms with Gasteiger partial charge in [0, 0.05) is 34.9 Å². The molecule has 0 bridgehead atoms. The smallest absolute Gasteiger partial charge is 0.225 e. The number of carbonyl (C=O) groups excluding carboxylic acids is 1. The number of rotatable bonds is 5. The highest BCUT2D eigenvalue weighted by molar-refractivity contribution is 6.11. The van der Waals surface area contributed by atoms with Crippen LogP contribution in [0.25, 0.3) is 21.8 Å². The molecule has 0 spiro atoms. The van der Waals surface area contributed by atoms with E-state index in [1.54, 1.807) is 0 Å². The van der Waals surface area contributed by atoms with Crippen LogP contribution >= 0.6 is 0 Å². The van der Waals surface area contributed by atoms with Gasteiger partial charge < -0.3 is 14.5 Å². The third-order valence-electron chi connectivity index (χ3n) is 5.66. The van der Waals surface area contributed by atoms with Crippen LogP contribution in [0.4, 0.5) is 0 Å². The molecule has 2 aromatic carbocycles. The molecule has 4 aromatic rings. The van der Waals surface area contributed by atoms with Gasteiger partial charge in [-0.1, -0.05) is 36.4 Å². The number of ketones is 1. The molecule has 2 aromatic heterocycles. The molecule has 27 heavy (non-hydrogen) atoms. The second-order valence-electron chi connectivity index (χ2n) is 7.39. The summed E-state index contributed by atoms with van der Waals surface area (Å²) in [5.74, 6) is 0.0591. The number of hydrogen-bond acceptors (Lipinski definition) is 2. The van der Waals surface area contributed by atoms with Crippen LogP contribution in [0.1, 0.15) is 29.0 Å². The fourth-order valence-electron chi connectivity index (χ4n) is 4.22. The minimum atomic E-state index is 0.0591. The van der Waals surface area contributed by atoms with Crippen LogP contribution in [-0.2, 0) is 6.54 Å². The number of aromatic amines is 1. The first-order valence-corrected chi connectivity index (χ1v) is 9.73. The summed E-state index contributed by atoms with van der Waals surface area (Å²) in [6, 6.07) is 20.3. The first-order valence-electron chi connectivity index (χ1n) is 9.73. The highest BCUT2D eigenvalue weighted by Gasteiger charge is 2.20. The molecule has 0 amide bonds. The van der Waals surface area contributed by atoms with Gasteiger partial charge in [-0.15, -0.1) is 0 Å². The van der Waals surface area contributed by atoms with Crippen LogP contribution in [0, 0.1) is 0 Å². The number of carbonyl (C=O) groups is 1. The zero-order valence-corrected chi connectivity index (χ0v) is 15.3. The molecule has 0 radical (unpaired) electrons. The summed E-state index contributed by atoms with van der Waals surface area (Å²) in [6.07, 6.45) is 2.57. The molecule has 0 aliphatic carbocycles. The van der Waals surface area contributed by atoms with E-state index in [2.05, 4.69) is 26.6 Å². The van der Waals surface area contributed by atoms with Gasteiger partial charge in [-0.3, -0.25) is 4.79 Å². The van der Waals surface area contributed by atoms with Gasteiger partial charge in [0.05, 0.1) is 11.4 Å². The fourth-order valence-corrected chi connectivity index (χ4v) is 4.22. The molecule has 5 rings (SSSR count). The van der Waals surface area contributed by atoms with E-state index in [4.69, 9.17) is 0 Å². The SMILES string of the molecule is O=C(c1cc2ccccc2[nH]1)c1cc2ccccc2n1CCN1CCCC1. The van der Waals surface area contributed by atoms with E-state index in [-0.39, 0.29) is 5.78 Å². The Labute approximate surface area is 158 Å². The lowest BCUT2D eigenvalue weighted by molar-refractivity contribution is 0.102. The summed E-state index contributed by atoms with van der Waals surface area (Å²) in [5.41, 5.74) is 3.56. The molecule has 1 saturated heterocycles. The van der Waals surface area contributed by atoms with Crippen molar-refractivity contribution in [1.29, 1.82) is 0 Å². The van der Waals surface area contributed by atoms with Crippen molar-refractivity contribution in [2.45, 2.75) is 19.4 Å². The Kier molecular flexibility index (Phi) is 4.06. The van der Waals surface area contributed by atoms with Crippen LogP contribution in [0.2, 0.25) is 0 Å². The third kappa shape index (κ3) is 2.96. The molecule has 0 atom stereocenters. The second-order valence-corrected chi connectivity index (χ2v) is 7.39. The molecule has 0 unspecified atom stereocenters. The first kappa shape index (κ1) is 16.3. The predicted octanol–water partition coefficient (Wildman–Crippen LogP) is 4.45. The molecular formula is C23H23N3O. The van der Waals surface area contributed by atoms with Crippen molar-refractivity contribution in [1.82, 2.24) is 14.5 Å². The summed E-state index contributed by atoms with van der Waals surface area (Å²) >= 11 is 0. The van der Waals surface area contributed by atoms with Crippen molar-refractivity contribution in [3.8, 4) is 0 Å². The van der Waals surface area contributed by atoms with Crippen molar-refractivity contribution >= 4 is 27.6 Å². The van der Waals surface area contributed by atoms with Crippen molar-refractivity contribution in [2.75, 3.05) is 19.6 Å². The van der Waals surface area contributed by atoms with E-state index >= 15 is 0 Å². The van der Waals surface area contributed by atoms with Gasteiger partial charge in [-0.05, 0) is 50.2 Å². The second kappa shape index (κ2) is 6.71. The molecule has 1 fully saturated rings. The number of hydrogen-bond donors (Lipinski definition) is 1. The Morgan fingerprint density at radius 3 is 2.44 bits per heavy atom. The maximum atomic E-state index is 13.3. The largest absolute Gasteiger partial charge is 0.352 e. The average molecular weight is 357 g/mol. The lowest BCUT2D eigenvalue weighted by Gasteiger charge is -2.17. The van der Waals surface area contributed by atoms with Crippen molar-refractivity contribution in [2.24, 2.45) is 0 Å². The number of nitrogens with zero attached hydrogens (tertiary/aromatic N) is 2. The number of aromatic nitrogens is 2. The maximum absolute atomic E-state index is 13.3. The summed E-state index contributed by atoms with van der Waals surface area (Å²) in [4.78, 5) is 19.1. The summed E-state index contributed by atoms with van der Waals surface area (Å²) in [7, 11) is 0. The Balaban J connectivity index is 1.54. The molecule has 4 heteroatoms. The number of likely N-dealkylation sites (tertiary alicyclic amines) is 1. The van der Waals surface area contributed by atoms with Crippen LogP contribution in [-0.4, -0.2) is 39.9 Å². The van der Waals surface area contributed by atoms with Gasteiger partial charge in [-0.2, -0.15) is 0 Å². The molecule has 136 valence electrons. The monoisotopic (exact) mass is 357 g/mol. The fraction of sp³-hybridized carbons (Fsp3) is 0.261. The Bertz CT molecular complexity index is 1080. The number of benzene rings is 2. The highest BCUT2D eigenvalue weighted by Crippen LogP contribution is 2.24. The molecular weight excluding hydrogens is 334 g/mol. The van der Waals surface area contributed by atoms with Gasteiger partial charge in [0.1, 0.15) is 0 Å². The van der Waals surface area contributed by atoms with Gasteiger partial charge in [0.25, 0.3) is 0 Å². The van der Waals surface area contributed by atoms with Crippen LogP contribution in [0.5, 0.6) is 0 Å². The minimum absolute atomic E-state index is 0.0591. The van der Waals surface area contributed by atoms with Gasteiger partial charge >= 0.3 is 0 Å². The number of nitrogens with one attached hydrogen (secondary N) is 1. The molecule has 0 saturated carbocycles. The number of H-pyrrole nitrogens is 1. The van der Waals surface area contributed by atoms with E-state index in [0.717, 1.165) is 40.6 Å². The lowest BCUT2D eigenvalue weighted by Crippen LogP contribution is -2.25. The van der Waals surface area contributed by atoms with Crippen molar-refractivity contribution < 1.29 is 4.79 Å². The van der Waals surface area contributed by atoms with Crippen molar-refractivity contribution in [3.05, 3.63) is 72.1 Å². The van der Waals surface area contributed by atoms with E-state index in [1.165, 1.54) is 25.9 Å². The zero-order chi connectivity index (χ0) is 18.2. The van der Waals surface area contributed by atoms with Crippen molar-refractivity contribution in [3.63, 3.8) is 0 Å². The van der Waals surface area contributed by atoms with Crippen LogP contribution in [0.15, 0.2) is 60.7 Å². The van der Waals surface area contributed by atoms with Crippen LogP contribution in [0.3, 0.4) is 0 Å². The third-order valence-corrected chi connectivity index (χ3v) is 5.66. The Morgan fingerprint density at radius 2 is 1.63 bits per heavy atom. The average Bonchev–Trinajstić information content (AvgIpc) is 3.43. The molecule has 4 nitrogen and oxygen atoms in total. The number of fused-ring (bicyclic) bond motifs is 2. The van der Waals surface area contributed by atoms with Gasteiger partial charge in [0.2, 0.25) is 5.78 Å². The van der Waals surface area contributed by atoms with E-state index in [0.29, 0.717) is 5.69 Å². The lowest BCUT2D eigenvalue weighted by atomic mass is 10.2. The maximum Gasteiger partial charge on any atom is 0.225 e.